The van der Waals surface area contributed by atoms with E-state index in [1.54, 1.807) is 13.2 Å². The maximum atomic E-state index is 12.4. The van der Waals surface area contributed by atoms with Crippen LogP contribution in [0.3, 0.4) is 0 Å². The molecule has 0 radical (unpaired) electrons. The highest BCUT2D eigenvalue weighted by Gasteiger charge is 2.12. The van der Waals surface area contributed by atoms with Crippen LogP contribution >= 0.6 is 0 Å². The fourth-order valence-electron chi connectivity index (χ4n) is 3.29. The summed E-state index contributed by atoms with van der Waals surface area (Å²) >= 11 is 0. The summed E-state index contributed by atoms with van der Waals surface area (Å²) < 4.78 is 7.41. The second-order valence-corrected chi connectivity index (χ2v) is 6.51. The number of fused-ring (bicyclic) bond motifs is 1. The van der Waals surface area contributed by atoms with E-state index in [2.05, 4.69) is 11.4 Å². The Hall–Kier alpha value is -3.52. The van der Waals surface area contributed by atoms with E-state index < -0.39 is 0 Å². The number of carbonyl (C=O) groups is 1. The summed E-state index contributed by atoms with van der Waals surface area (Å²) in [4.78, 5) is 12.4. The second kappa shape index (κ2) is 8.92. The van der Waals surface area contributed by atoms with Gasteiger partial charge in [0.15, 0.2) is 0 Å². The Morgan fingerprint density at radius 2 is 2.00 bits per heavy atom. The molecule has 1 N–H and O–H groups in total. The van der Waals surface area contributed by atoms with Crippen molar-refractivity contribution in [3.63, 3.8) is 0 Å². The molecule has 0 saturated carbocycles. The molecule has 0 aliphatic carbocycles. The normalized spacial score (nSPS) is 12.0. The van der Waals surface area contributed by atoms with Gasteiger partial charge in [0.2, 0.25) is 5.91 Å². The van der Waals surface area contributed by atoms with Crippen molar-refractivity contribution < 1.29 is 9.53 Å². The van der Waals surface area contributed by atoms with E-state index in [0.717, 1.165) is 27.8 Å². The van der Waals surface area contributed by atoms with Crippen molar-refractivity contribution in [2.75, 3.05) is 7.11 Å². The Kier molecular flexibility index (Phi) is 6.13. The number of carbonyl (C=O) groups excluding carboxylic acids is 1. The van der Waals surface area contributed by atoms with Crippen molar-refractivity contribution >= 4 is 22.9 Å². The molecule has 28 heavy (non-hydrogen) atoms. The number of nitrogens with one attached hydrogen (secondary N) is 1. The summed E-state index contributed by atoms with van der Waals surface area (Å²) in [6.07, 6.45) is 5.78. The predicted molar refractivity (Wildman–Crippen MR) is 111 cm³/mol. The van der Waals surface area contributed by atoms with Crippen molar-refractivity contribution in [3.8, 4) is 11.8 Å². The van der Waals surface area contributed by atoms with Crippen LogP contribution in [0.15, 0.2) is 60.8 Å². The lowest BCUT2D eigenvalue weighted by atomic mass is 10.1. The van der Waals surface area contributed by atoms with Gasteiger partial charge in [-0.3, -0.25) is 4.79 Å². The van der Waals surface area contributed by atoms with Crippen LogP contribution in [0.4, 0.5) is 0 Å². The summed E-state index contributed by atoms with van der Waals surface area (Å²) in [6, 6.07) is 17.6. The molecule has 1 aromatic heterocycles. The molecular weight excluding hydrogens is 350 g/mol. The molecule has 0 fully saturated rings. The highest BCUT2D eigenvalue weighted by Crippen LogP contribution is 2.25. The van der Waals surface area contributed by atoms with Crippen molar-refractivity contribution in [1.82, 2.24) is 9.88 Å². The highest BCUT2D eigenvalue weighted by atomic mass is 16.5. The van der Waals surface area contributed by atoms with Crippen LogP contribution in [0.2, 0.25) is 0 Å². The first-order valence-corrected chi connectivity index (χ1v) is 9.20. The number of hydrogen-bond donors (Lipinski definition) is 1. The molecular formula is C23H23N3O2. The number of nitriles is 1. The van der Waals surface area contributed by atoms with Crippen LogP contribution in [0.1, 0.15) is 30.5 Å². The molecule has 0 spiro atoms. The molecule has 0 saturated heterocycles. The topological polar surface area (TPSA) is 67.0 Å². The number of nitrogens with zero attached hydrogens (tertiary/aromatic N) is 2. The van der Waals surface area contributed by atoms with E-state index in [4.69, 9.17) is 10.00 Å². The Balaban J connectivity index is 1.76. The summed E-state index contributed by atoms with van der Waals surface area (Å²) in [7, 11) is 1.62. The minimum atomic E-state index is -0.176. The van der Waals surface area contributed by atoms with Gasteiger partial charge in [-0.25, -0.2) is 0 Å². The molecule has 0 aliphatic rings. The number of benzene rings is 2. The molecule has 0 bridgehead atoms. The van der Waals surface area contributed by atoms with E-state index in [9.17, 15) is 4.79 Å². The third-order valence-electron chi connectivity index (χ3n) is 4.66. The fourth-order valence-corrected chi connectivity index (χ4v) is 3.29. The lowest BCUT2D eigenvalue weighted by molar-refractivity contribution is -0.117. The Morgan fingerprint density at radius 3 is 2.79 bits per heavy atom. The SMILES string of the molecule is COc1ccccc1C(C)NC(=O)/C=C/c1cn(CCC#N)c2ccccc12. The number of rotatable bonds is 7. The number of ether oxygens (including phenoxy) is 1. The van der Waals surface area contributed by atoms with Crippen LogP contribution in [0.25, 0.3) is 17.0 Å². The van der Waals surface area contributed by atoms with Gasteiger partial charge in [-0.05, 0) is 25.1 Å². The first kappa shape index (κ1) is 19.2. The number of aryl methyl sites for hydroxylation is 1. The van der Waals surface area contributed by atoms with E-state index in [0.29, 0.717) is 13.0 Å². The molecule has 5 heteroatoms. The van der Waals surface area contributed by atoms with Crippen molar-refractivity contribution in [1.29, 1.82) is 5.26 Å². The molecule has 1 heterocycles. The molecule has 2 aromatic carbocycles. The van der Waals surface area contributed by atoms with Gasteiger partial charge in [0, 0.05) is 40.8 Å². The lowest BCUT2D eigenvalue weighted by Crippen LogP contribution is -2.24. The van der Waals surface area contributed by atoms with Gasteiger partial charge in [0.05, 0.1) is 25.6 Å². The summed E-state index contributed by atoms with van der Waals surface area (Å²) in [5, 5.41) is 12.9. The smallest absolute Gasteiger partial charge is 0.244 e. The molecule has 142 valence electrons. The molecule has 1 atom stereocenters. The van der Waals surface area contributed by atoms with Crippen LogP contribution in [0.5, 0.6) is 5.75 Å². The third-order valence-corrected chi connectivity index (χ3v) is 4.66. The van der Waals surface area contributed by atoms with Gasteiger partial charge >= 0.3 is 0 Å². The zero-order chi connectivity index (χ0) is 19.9. The fraction of sp³-hybridized carbons (Fsp3) is 0.217. The average molecular weight is 373 g/mol. The first-order chi connectivity index (χ1) is 13.6. The van der Waals surface area contributed by atoms with Gasteiger partial charge < -0.3 is 14.6 Å². The highest BCUT2D eigenvalue weighted by molar-refractivity contribution is 5.96. The Labute approximate surface area is 164 Å². The van der Waals surface area contributed by atoms with Crippen molar-refractivity contribution in [3.05, 3.63) is 71.9 Å². The predicted octanol–water partition coefficient (Wildman–Crippen LogP) is 4.45. The summed E-state index contributed by atoms with van der Waals surface area (Å²) in [6.45, 7) is 2.55. The minimum Gasteiger partial charge on any atom is -0.496 e. The summed E-state index contributed by atoms with van der Waals surface area (Å²) in [5.74, 6) is 0.576. The van der Waals surface area contributed by atoms with E-state index in [1.807, 2.05) is 72.3 Å². The Morgan fingerprint density at radius 1 is 1.25 bits per heavy atom. The number of amides is 1. The molecule has 3 rings (SSSR count). The molecule has 5 nitrogen and oxygen atoms in total. The standard InChI is InChI=1S/C23H23N3O2/c1-17(19-8-4-6-11-22(19)28-2)25-23(27)13-12-18-16-26(15-7-14-24)21-10-5-3-9-20(18)21/h3-6,8-13,16-17H,7,15H2,1-2H3,(H,25,27)/b13-12+. The molecule has 1 unspecified atom stereocenters. The zero-order valence-electron chi connectivity index (χ0n) is 16.1. The maximum absolute atomic E-state index is 12.4. The van der Waals surface area contributed by atoms with Gasteiger partial charge in [0.25, 0.3) is 0 Å². The van der Waals surface area contributed by atoms with Crippen LogP contribution in [-0.2, 0) is 11.3 Å². The van der Waals surface area contributed by atoms with Crippen molar-refractivity contribution in [2.45, 2.75) is 25.9 Å². The number of para-hydroxylation sites is 2. The van der Waals surface area contributed by atoms with Crippen molar-refractivity contribution in [2.24, 2.45) is 0 Å². The van der Waals surface area contributed by atoms with Crippen LogP contribution in [-0.4, -0.2) is 17.6 Å². The van der Waals surface area contributed by atoms with E-state index in [1.165, 1.54) is 0 Å². The van der Waals surface area contributed by atoms with E-state index in [-0.39, 0.29) is 11.9 Å². The third kappa shape index (κ3) is 4.24. The molecule has 3 aromatic rings. The first-order valence-electron chi connectivity index (χ1n) is 9.20. The number of aromatic nitrogens is 1. The van der Waals surface area contributed by atoms with Crippen LogP contribution < -0.4 is 10.1 Å². The second-order valence-electron chi connectivity index (χ2n) is 6.51. The van der Waals surface area contributed by atoms with Gasteiger partial charge in [-0.2, -0.15) is 5.26 Å². The van der Waals surface area contributed by atoms with Gasteiger partial charge in [0.1, 0.15) is 5.75 Å². The van der Waals surface area contributed by atoms with Gasteiger partial charge in [-0.1, -0.05) is 36.4 Å². The molecule has 1 amide bonds. The van der Waals surface area contributed by atoms with Crippen LogP contribution in [0, 0.1) is 11.3 Å². The average Bonchev–Trinajstić information content (AvgIpc) is 3.08. The number of methoxy groups -OCH3 is 1. The van der Waals surface area contributed by atoms with Gasteiger partial charge in [-0.15, -0.1) is 0 Å². The number of hydrogen-bond acceptors (Lipinski definition) is 3. The molecule has 0 aliphatic heterocycles. The lowest BCUT2D eigenvalue weighted by Gasteiger charge is -2.16. The largest absolute Gasteiger partial charge is 0.496 e. The minimum absolute atomic E-state index is 0.174. The zero-order valence-corrected chi connectivity index (χ0v) is 16.1. The maximum Gasteiger partial charge on any atom is 0.244 e. The Bertz CT molecular complexity index is 1040. The van der Waals surface area contributed by atoms with E-state index >= 15 is 0 Å². The quantitative estimate of drug-likeness (QED) is 0.622. The summed E-state index contributed by atoms with van der Waals surface area (Å²) in [5.41, 5.74) is 2.94. The monoisotopic (exact) mass is 373 g/mol.